The summed E-state index contributed by atoms with van der Waals surface area (Å²) in [6, 6.07) is 6.29. The molecule has 1 aliphatic heterocycles. The summed E-state index contributed by atoms with van der Waals surface area (Å²) in [5.41, 5.74) is 0.410. The lowest BCUT2D eigenvalue weighted by molar-refractivity contribution is 0.0390. The van der Waals surface area contributed by atoms with Crippen LogP contribution in [-0.4, -0.2) is 76.6 Å². The third kappa shape index (κ3) is 6.57. The molecule has 1 amide bonds. The van der Waals surface area contributed by atoms with E-state index < -0.39 is 10.0 Å². The Bertz CT molecular complexity index is 697. The van der Waals surface area contributed by atoms with Crippen LogP contribution < -0.4 is 4.72 Å². The van der Waals surface area contributed by atoms with Crippen LogP contribution in [0, 0.1) is 0 Å². The van der Waals surface area contributed by atoms with E-state index in [-0.39, 0.29) is 10.8 Å². The molecule has 0 unspecified atom stereocenters. The van der Waals surface area contributed by atoms with Crippen molar-refractivity contribution >= 4 is 15.9 Å². The van der Waals surface area contributed by atoms with Crippen molar-refractivity contribution in [3.63, 3.8) is 0 Å². The van der Waals surface area contributed by atoms with Crippen molar-refractivity contribution in [2.24, 2.45) is 0 Å². The van der Waals surface area contributed by atoms with E-state index in [4.69, 9.17) is 4.74 Å². The van der Waals surface area contributed by atoms with Crippen LogP contribution in [0.4, 0.5) is 0 Å². The number of hydrogen-bond donors (Lipinski definition) is 1. The summed E-state index contributed by atoms with van der Waals surface area (Å²) in [6.07, 6.45) is 1.74. The van der Waals surface area contributed by atoms with Gasteiger partial charge in [0.15, 0.2) is 0 Å². The lowest BCUT2D eigenvalue weighted by atomic mass is 10.2. The molecule has 1 fully saturated rings. The number of carbonyl (C=O) groups excluding carboxylic acids is 1. The van der Waals surface area contributed by atoms with E-state index >= 15 is 0 Å². The minimum atomic E-state index is -3.65. The third-order valence-electron chi connectivity index (χ3n) is 4.49. The first-order valence-electron chi connectivity index (χ1n) is 9.67. The zero-order valence-electron chi connectivity index (χ0n) is 16.3. The second kappa shape index (κ2) is 10.8. The topological polar surface area (TPSA) is 79.0 Å². The van der Waals surface area contributed by atoms with Crippen molar-refractivity contribution in [1.82, 2.24) is 14.5 Å². The summed E-state index contributed by atoms with van der Waals surface area (Å²) in [5.74, 6) is -0.121. The summed E-state index contributed by atoms with van der Waals surface area (Å²) < 4.78 is 33.1. The summed E-state index contributed by atoms with van der Waals surface area (Å²) >= 11 is 0. The summed E-state index contributed by atoms with van der Waals surface area (Å²) in [7, 11) is -3.65. The van der Waals surface area contributed by atoms with Crippen molar-refractivity contribution in [3.8, 4) is 0 Å². The van der Waals surface area contributed by atoms with Crippen LogP contribution in [0.5, 0.6) is 0 Å². The van der Waals surface area contributed by atoms with Crippen LogP contribution in [0.15, 0.2) is 29.2 Å². The average Bonchev–Trinajstić information content (AvgIpc) is 2.68. The van der Waals surface area contributed by atoms with Crippen LogP contribution in [0.2, 0.25) is 0 Å². The highest BCUT2D eigenvalue weighted by atomic mass is 32.2. The Morgan fingerprint density at radius 1 is 1.19 bits per heavy atom. The van der Waals surface area contributed by atoms with E-state index in [1.807, 2.05) is 13.8 Å². The van der Waals surface area contributed by atoms with Gasteiger partial charge in [0.2, 0.25) is 10.0 Å². The molecular formula is C19H31N3O4S. The van der Waals surface area contributed by atoms with Gasteiger partial charge in [-0.15, -0.1) is 0 Å². The maximum Gasteiger partial charge on any atom is 0.253 e. The van der Waals surface area contributed by atoms with Crippen LogP contribution in [0.3, 0.4) is 0 Å². The molecule has 152 valence electrons. The van der Waals surface area contributed by atoms with Crippen molar-refractivity contribution in [2.75, 3.05) is 52.5 Å². The molecule has 27 heavy (non-hydrogen) atoms. The smallest absolute Gasteiger partial charge is 0.253 e. The number of rotatable bonds is 10. The van der Waals surface area contributed by atoms with Gasteiger partial charge in [0, 0.05) is 44.8 Å². The summed E-state index contributed by atoms with van der Waals surface area (Å²) in [5, 5.41) is 0. The average molecular weight is 398 g/mol. The fraction of sp³-hybridized carbons (Fsp3) is 0.632. The summed E-state index contributed by atoms with van der Waals surface area (Å²) in [4.78, 5) is 16.8. The van der Waals surface area contributed by atoms with E-state index in [1.165, 1.54) is 12.1 Å². The zero-order chi connectivity index (χ0) is 19.7. The van der Waals surface area contributed by atoms with Crippen molar-refractivity contribution in [1.29, 1.82) is 0 Å². The Balaban J connectivity index is 2.02. The van der Waals surface area contributed by atoms with E-state index in [0.29, 0.717) is 45.0 Å². The van der Waals surface area contributed by atoms with E-state index in [9.17, 15) is 13.2 Å². The minimum absolute atomic E-state index is 0.121. The SMILES string of the molecule is CCCN(CCC)C(=O)c1cccc(S(=O)(=O)NCCN2CCOCC2)c1. The first kappa shape index (κ1) is 21.8. The maximum atomic E-state index is 12.7. The molecule has 1 aromatic rings. The molecule has 1 aromatic carbocycles. The number of carbonyl (C=O) groups is 1. The second-order valence-electron chi connectivity index (χ2n) is 6.67. The van der Waals surface area contributed by atoms with E-state index in [1.54, 1.807) is 17.0 Å². The lowest BCUT2D eigenvalue weighted by Crippen LogP contribution is -2.41. The van der Waals surface area contributed by atoms with Gasteiger partial charge in [0.1, 0.15) is 0 Å². The first-order chi connectivity index (χ1) is 13.0. The van der Waals surface area contributed by atoms with Gasteiger partial charge in [-0.3, -0.25) is 9.69 Å². The third-order valence-corrected chi connectivity index (χ3v) is 5.95. The Labute approximate surface area is 162 Å². The van der Waals surface area contributed by atoms with Gasteiger partial charge in [0.05, 0.1) is 18.1 Å². The number of ether oxygens (including phenoxy) is 1. The van der Waals surface area contributed by atoms with Gasteiger partial charge < -0.3 is 9.64 Å². The quantitative estimate of drug-likeness (QED) is 0.648. The number of amides is 1. The lowest BCUT2D eigenvalue weighted by Gasteiger charge is -2.26. The summed E-state index contributed by atoms with van der Waals surface area (Å²) in [6.45, 7) is 9.35. The molecule has 8 heteroatoms. The molecule has 0 aliphatic carbocycles. The van der Waals surface area contributed by atoms with E-state index in [2.05, 4.69) is 9.62 Å². The first-order valence-corrected chi connectivity index (χ1v) is 11.2. The van der Waals surface area contributed by atoms with E-state index in [0.717, 1.165) is 25.9 Å². The predicted molar refractivity (Wildman–Crippen MR) is 105 cm³/mol. The predicted octanol–water partition coefficient (Wildman–Crippen LogP) is 1.56. The monoisotopic (exact) mass is 397 g/mol. The molecule has 1 heterocycles. The number of nitrogens with one attached hydrogen (secondary N) is 1. The molecule has 1 N–H and O–H groups in total. The Morgan fingerprint density at radius 2 is 1.85 bits per heavy atom. The van der Waals surface area contributed by atoms with Crippen molar-refractivity contribution in [2.45, 2.75) is 31.6 Å². The number of hydrogen-bond acceptors (Lipinski definition) is 5. The van der Waals surface area contributed by atoms with Gasteiger partial charge in [-0.1, -0.05) is 19.9 Å². The molecule has 7 nitrogen and oxygen atoms in total. The Kier molecular flexibility index (Phi) is 8.69. The molecule has 0 bridgehead atoms. The highest BCUT2D eigenvalue weighted by Gasteiger charge is 2.19. The highest BCUT2D eigenvalue weighted by Crippen LogP contribution is 2.14. The fourth-order valence-electron chi connectivity index (χ4n) is 3.08. The van der Waals surface area contributed by atoms with Gasteiger partial charge in [0.25, 0.3) is 5.91 Å². The maximum absolute atomic E-state index is 12.7. The number of nitrogens with zero attached hydrogens (tertiary/aromatic N) is 2. The Hall–Kier alpha value is -1.48. The van der Waals surface area contributed by atoms with Crippen LogP contribution in [0.25, 0.3) is 0 Å². The Morgan fingerprint density at radius 3 is 2.48 bits per heavy atom. The number of morpholine rings is 1. The van der Waals surface area contributed by atoms with Gasteiger partial charge in [-0.2, -0.15) is 0 Å². The molecule has 0 aromatic heterocycles. The van der Waals surface area contributed by atoms with Crippen LogP contribution in [-0.2, 0) is 14.8 Å². The molecule has 1 saturated heterocycles. The molecule has 1 aliphatic rings. The largest absolute Gasteiger partial charge is 0.379 e. The highest BCUT2D eigenvalue weighted by molar-refractivity contribution is 7.89. The van der Waals surface area contributed by atoms with Gasteiger partial charge in [-0.25, -0.2) is 13.1 Å². The van der Waals surface area contributed by atoms with Crippen molar-refractivity contribution < 1.29 is 17.9 Å². The molecular weight excluding hydrogens is 366 g/mol. The van der Waals surface area contributed by atoms with Gasteiger partial charge in [-0.05, 0) is 31.0 Å². The van der Waals surface area contributed by atoms with Crippen molar-refractivity contribution in [3.05, 3.63) is 29.8 Å². The minimum Gasteiger partial charge on any atom is -0.379 e. The van der Waals surface area contributed by atoms with Crippen LogP contribution in [0.1, 0.15) is 37.0 Å². The standard InChI is InChI=1S/C19H31N3O4S/c1-3-9-22(10-4-2)19(23)17-6-5-7-18(16-17)27(24,25)20-8-11-21-12-14-26-15-13-21/h5-7,16,20H,3-4,8-15H2,1-2H3. The fourth-order valence-corrected chi connectivity index (χ4v) is 4.15. The zero-order valence-corrected chi connectivity index (χ0v) is 17.1. The number of benzene rings is 1. The van der Waals surface area contributed by atoms with Gasteiger partial charge >= 0.3 is 0 Å². The second-order valence-corrected chi connectivity index (χ2v) is 8.44. The molecule has 0 saturated carbocycles. The van der Waals surface area contributed by atoms with Crippen LogP contribution >= 0.6 is 0 Å². The molecule has 0 atom stereocenters. The number of sulfonamides is 1. The molecule has 0 spiro atoms. The normalized spacial score (nSPS) is 15.6. The molecule has 2 rings (SSSR count). The molecule has 0 radical (unpaired) electrons.